The van der Waals surface area contributed by atoms with Gasteiger partial charge in [0.15, 0.2) is 0 Å². The van der Waals surface area contributed by atoms with Gasteiger partial charge in [-0.2, -0.15) is 4.31 Å². The number of sulfonamides is 1. The first-order valence-corrected chi connectivity index (χ1v) is 10.7. The number of ether oxygens (including phenoxy) is 1. The minimum absolute atomic E-state index is 0.0402. The molecule has 2 aromatic carbocycles. The second kappa shape index (κ2) is 9.20. The molecule has 0 bridgehead atoms. The maximum absolute atomic E-state index is 12.8. The number of amides is 1. The lowest BCUT2D eigenvalue weighted by Gasteiger charge is -2.26. The summed E-state index contributed by atoms with van der Waals surface area (Å²) in [5, 5.41) is 17.1. The molecule has 10 nitrogen and oxygen atoms in total. The molecule has 0 radical (unpaired) electrons. The van der Waals surface area contributed by atoms with Gasteiger partial charge in [-0.3, -0.25) is 14.9 Å². The van der Waals surface area contributed by atoms with Gasteiger partial charge >= 0.3 is 0 Å². The molecule has 1 aliphatic heterocycles. The van der Waals surface area contributed by atoms with Crippen molar-refractivity contribution >= 4 is 27.3 Å². The van der Waals surface area contributed by atoms with Crippen molar-refractivity contribution in [1.29, 1.82) is 0 Å². The fourth-order valence-electron chi connectivity index (χ4n) is 3.13. The summed E-state index contributed by atoms with van der Waals surface area (Å²) in [4.78, 5) is 23.2. The molecule has 0 unspecified atom stereocenters. The standard InChI is InChI=1S/C19H22N4O6S/c1-20-19(24)18(14-5-3-2-4-6-14)21-16-8-7-15(13-17(16)23(25)26)30(27,28)22-9-11-29-12-10-22/h2-8,13,18,21H,9-12H2,1H3,(H,20,24)/t18-/m0/s1. The molecular formula is C19H22N4O6S. The first-order valence-electron chi connectivity index (χ1n) is 9.24. The molecule has 3 rings (SSSR count). The van der Waals surface area contributed by atoms with Crippen LogP contribution < -0.4 is 10.6 Å². The van der Waals surface area contributed by atoms with Gasteiger partial charge in [0.1, 0.15) is 11.7 Å². The summed E-state index contributed by atoms with van der Waals surface area (Å²) < 4.78 is 32.1. The highest BCUT2D eigenvalue weighted by Crippen LogP contribution is 2.32. The van der Waals surface area contributed by atoms with Gasteiger partial charge in [0.05, 0.1) is 23.0 Å². The van der Waals surface area contributed by atoms with Crippen LogP contribution in [-0.4, -0.2) is 56.9 Å². The Balaban J connectivity index is 1.97. The van der Waals surface area contributed by atoms with E-state index in [1.807, 2.05) is 0 Å². The highest BCUT2D eigenvalue weighted by Gasteiger charge is 2.30. The Hall–Kier alpha value is -3.02. The van der Waals surface area contributed by atoms with Gasteiger partial charge in [0, 0.05) is 26.2 Å². The Labute approximate surface area is 174 Å². The number of rotatable bonds is 7. The van der Waals surface area contributed by atoms with Crippen molar-refractivity contribution in [2.75, 3.05) is 38.7 Å². The number of morpholine rings is 1. The molecule has 160 valence electrons. The fourth-order valence-corrected chi connectivity index (χ4v) is 4.56. The van der Waals surface area contributed by atoms with Crippen molar-refractivity contribution in [3.05, 3.63) is 64.2 Å². The molecule has 1 aliphatic rings. The molecule has 0 saturated carbocycles. The van der Waals surface area contributed by atoms with Crippen molar-refractivity contribution in [2.24, 2.45) is 0 Å². The number of benzene rings is 2. The Morgan fingerprint density at radius 1 is 1.17 bits per heavy atom. The van der Waals surface area contributed by atoms with Gasteiger partial charge in [-0.05, 0) is 17.7 Å². The lowest BCUT2D eigenvalue weighted by molar-refractivity contribution is -0.384. The molecule has 1 fully saturated rings. The van der Waals surface area contributed by atoms with Crippen LogP contribution in [0.1, 0.15) is 11.6 Å². The van der Waals surface area contributed by atoms with E-state index < -0.39 is 26.7 Å². The van der Waals surface area contributed by atoms with Crippen LogP contribution in [-0.2, 0) is 19.6 Å². The number of hydrogen-bond acceptors (Lipinski definition) is 7. The Kier molecular flexibility index (Phi) is 6.65. The SMILES string of the molecule is CNC(=O)[C@@H](Nc1ccc(S(=O)(=O)N2CCOCC2)cc1[N+](=O)[O-])c1ccccc1. The molecule has 1 saturated heterocycles. The van der Waals surface area contributed by atoms with Crippen LogP contribution >= 0.6 is 0 Å². The molecular weight excluding hydrogens is 412 g/mol. The van der Waals surface area contributed by atoms with E-state index in [2.05, 4.69) is 10.6 Å². The number of nitro groups is 1. The average Bonchev–Trinajstić information content (AvgIpc) is 2.78. The van der Waals surface area contributed by atoms with Gasteiger partial charge in [-0.1, -0.05) is 30.3 Å². The number of carbonyl (C=O) groups is 1. The summed E-state index contributed by atoms with van der Waals surface area (Å²) in [6.07, 6.45) is 0. The number of nitro benzene ring substituents is 1. The van der Waals surface area contributed by atoms with Crippen molar-refractivity contribution in [1.82, 2.24) is 9.62 Å². The van der Waals surface area contributed by atoms with Gasteiger partial charge in [-0.15, -0.1) is 0 Å². The van der Waals surface area contributed by atoms with Crippen LogP contribution in [0, 0.1) is 10.1 Å². The second-order valence-electron chi connectivity index (χ2n) is 6.55. The van der Waals surface area contributed by atoms with Crippen molar-refractivity contribution < 1.29 is 22.9 Å². The molecule has 1 heterocycles. The van der Waals surface area contributed by atoms with Gasteiger partial charge in [0.2, 0.25) is 15.9 Å². The van der Waals surface area contributed by atoms with E-state index in [9.17, 15) is 23.3 Å². The largest absolute Gasteiger partial charge is 0.379 e. The molecule has 11 heteroatoms. The van der Waals surface area contributed by atoms with Gasteiger partial charge < -0.3 is 15.4 Å². The maximum Gasteiger partial charge on any atom is 0.293 e. The number of nitrogens with one attached hydrogen (secondary N) is 2. The Morgan fingerprint density at radius 3 is 2.43 bits per heavy atom. The number of likely N-dealkylation sites (N-methyl/N-ethyl adjacent to an activating group) is 1. The minimum Gasteiger partial charge on any atom is -0.379 e. The predicted molar refractivity (Wildman–Crippen MR) is 110 cm³/mol. The number of hydrogen-bond donors (Lipinski definition) is 2. The predicted octanol–water partition coefficient (Wildman–Crippen LogP) is 1.51. The second-order valence-corrected chi connectivity index (χ2v) is 8.49. The summed E-state index contributed by atoms with van der Waals surface area (Å²) in [6, 6.07) is 11.5. The summed E-state index contributed by atoms with van der Waals surface area (Å²) in [5.41, 5.74) is 0.212. The van der Waals surface area contributed by atoms with E-state index in [1.54, 1.807) is 30.3 Å². The third kappa shape index (κ3) is 4.58. The molecule has 1 amide bonds. The van der Waals surface area contributed by atoms with Crippen LogP contribution in [0.4, 0.5) is 11.4 Å². The summed E-state index contributed by atoms with van der Waals surface area (Å²) in [6.45, 7) is 0.906. The van der Waals surface area contributed by atoms with E-state index in [4.69, 9.17) is 4.74 Å². The third-order valence-electron chi connectivity index (χ3n) is 4.72. The molecule has 0 spiro atoms. The first-order chi connectivity index (χ1) is 14.3. The molecule has 2 N–H and O–H groups in total. The van der Waals surface area contributed by atoms with Crippen molar-refractivity contribution in [3.8, 4) is 0 Å². The lowest BCUT2D eigenvalue weighted by Crippen LogP contribution is -2.40. The van der Waals surface area contributed by atoms with Crippen LogP contribution in [0.15, 0.2) is 53.4 Å². The van der Waals surface area contributed by atoms with E-state index in [0.717, 1.165) is 6.07 Å². The Morgan fingerprint density at radius 2 is 1.83 bits per heavy atom. The summed E-state index contributed by atoms with van der Waals surface area (Å²) in [7, 11) is -2.43. The van der Waals surface area contributed by atoms with Crippen LogP contribution in [0.3, 0.4) is 0 Å². The molecule has 1 atom stereocenters. The Bertz CT molecular complexity index is 1020. The molecule has 0 aliphatic carbocycles. The van der Waals surface area contributed by atoms with Crippen molar-refractivity contribution in [2.45, 2.75) is 10.9 Å². The number of carbonyl (C=O) groups excluding carboxylic acids is 1. The fraction of sp³-hybridized carbons (Fsp3) is 0.316. The van der Waals surface area contributed by atoms with E-state index >= 15 is 0 Å². The molecule has 0 aromatic heterocycles. The minimum atomic E-state index is -3.89. The molecule has 2 aromatic rings. The van der Waals surface area contributed by atoms with Crippen LogP contribution in [0.2, 0.25) is 0 Å². The van der Waals surface area contributed by atoms with Crippen molar-refractivity contribution in [3.63, 3.8) is 0 Å². The first kappa shape index (κ1) is 21.7. The van der Waals surface area contributed by atoms with E-state index in [-0.39, 0.29) is 42.8 Å². The number of anilines is 1. The zero-order chi connectivity index (χ0) is 21.7. The van der Waals surface area contributed by atoms with Crippen LogP contribution in [0.5, 0.6) is 0 Å². The zero-order valence-corrected chi connectivity index (χ0v) is 17.1. The lowest BCUT2D eigenvalue weighted by atomic mass is 10.1. The zero-order valence-electron chi connectivity index (χ0n) is 16.3. The van der Waals surface area contributed by atoms with Gasteiger partial charge in [-0.25, -0.2) is 8.42 Å². The van der Waals surface area contributed by atoms with E-state index in [0.29, 0.717) is 5.56 Å². The smallest absolute Gasteiger partial charge is 0.293 e. The quantitative estimate of drug-likeness (QED) is 0.499. The maximum atomic E-state index is 12.8. The van der Waals surface area contributed by atoms with E-state index in [1.165, 1.54) is 23.5 Å². The topological polar surface area (TPSA) is 131 Å². The number of nitrogens with zero attached hydrogens (tertiary/aromatic N) is 2. The average molecular weight is 434 g/mol. The highest BCUT2D eigenvalue weighted by atomic mass is 32.2. The van der Waals surface area contributed by atoms with Gasteiger partial charge in [0.25, 0.3) is 5.69 Å². The molecule has 30 heavy (non-hydrogen) atoms. The third-order valence-corrected chi connectivity index (χ3v) is 6.61. The summed E-state index contributed by atoms with van der Waals surface area (Å²) >= 11 is 0. The van der Waals surface area contributed by atoms with Crippen LogP contribution in [0.25, 0.3) is 0 Å². The summed E-state index contributed by atoms with van der Waals surface area (Å²) in [5.74, 6) is -0.388. The monoisotopic (exact) mass is 434 g/mol. The highest BCUT2D eigenvalue weighted by molar-refractivity contribution is 7.89. The normalized spacial score (nSPS) is 15.9.